The molecule has 0 saturated heterocycles. The standard InChI is InChI=1S/C33H41N3O4/c1-22-17-26(13-16-31(22)40-3)24-9-7-23(8-10-24)21-36(33(38)25-11-14-29(37)15-12-25)28-6-4-5-27(18-28)32-34-19-30(39-2)20-35-32/h4-6,13,16-20,23-25,29,37H,7-12,14-15,21H2,1-3H3/t23-,24-,25-,29-. The van der Waals surface area contributed by atoms with Crippen molar-refractivity contribution in [2.45, 2.75) is 70.3 Å². The fourth-order valence-corrected chi connectivity index (χ4v) is 6.34. The number of carbonyl (C=O) groups excluding carboxylic acids is 1. The van der Waals surface area contributed by atoms with Gasteiger partial charge >= 0.3 is 0 Å². The summed E-state index contributed by atoms with van der Waals surface area (Å²) in [4.78, 5) is 24.9. The maximum atomic E-state index is 14.0. The van der Waals surface area contributed by atoms with Gasteiger partial charge in [-0.15, -0.1) is 0 Å². The third-order valence-electron chi connectivity index (χ3n) is 8.77. The normalized spacial score (nSPS) is 22.9. The first-order chi connectivity index (χ1) is 19.4. The van der Waals surface area contributed by atoms with Crippen molar-refractivity contribution < 1.29 is 19.4 Å². The number of anilines is 1. The minimum absolute atomic E-state index is 0.0529. The van der Waals surface area contributed by atoms with Crippen molar-refractivity contribution in [1.82, 2.24) is 9.97 Å². The SMILES string of the molecule is COc1cnc(-c2cccc(N(C[C@H]3CC[C@H](c4ccc(OC)c(C)c4)CC3)C(=O)[C@H]3CC[C@H](O)CC3)c2)nc1. The van der Waals surface area contributed by atoms with E-state index >= 15 is 0 Å². The lowest BCUT2D eigenvalue weighted by molar-refractivity contribution is -0.124. The lowest BCUT2D eigenvalue weighted by Crippen LogP contribution is -2.41. The van der Waals surface area contributed by atoms with E-state index in [9.17, 15) is 9.90 Å². The highest BCUT2D eigenvalue weighted by Crippen LogP contribution is 2.39. The molecule has 7 heteroatoms. The number of hydrogen-bond donors (Lipinski definition) is 1. The molecule has 2 aromatic carbocycles. The van der Waals surface area contributed by atoms with Gasteiger partial charge in [0.25, 0.3) is 0 Å². The number of benzene rings is 2. The predicted octanol–water partition coefficient (Wildman–Crippen LogP) is 6.33. The zero-order valence-electron chi connectivity index (χ0n) is 23.9. The quantitative estimate of drug-likeness (QED) is 0.358. The average molecular weight is 544 g/mol. The van der Waals surface area contributed by atoms with Crippen LogP contribution in [0.15, 0.2) is 54.9 Å². The molecule has 0 radical (unpaired) electrons. The summed E-state index contributed by atoms with van der Waals surface area (Å²) >= 11 is 0. The van der Waals surface area contributed by atoms with Crippen LogP contribution in [0.1, 0.15) is 68.4 Å². The van der Waals surface area contributed by atoms with Crippen LogP contribution in [0.2, 0.25) is 0 Å². The number of amides is 1. The Morgan fingerprint density at radius 3 is 2.30 bits per heavy atom. The number of aromatic nitrogens is 2. The molecule has 2 fully saturated rings. The van der Waals surface area contributed by atoms with Gasteiger partial charge < -0.3 is 19.5 Å². The van der Waals surface area contributed by atoms with Gasteiger partial charge in [-0.1, -0.05) is 24.3 Å². The Labute approximate surface area is 237 Å². The number of rotatable bonds is 8. The van der Waals surface area contributed by atoms with E-state index in [1.165, 1.54) is 11.1 Å². The van der Waals surface area contributed by atoms with E-state index in [4.69, 9.17) is 9.47 Å². The second-order valence-corrected chi connectivity index (χ2v) is 11.4. The maximum Gasteiger partial charge on any atom is 0.230 e. The van der Waals surface area contributed by atoms with Crippen molar-refractivity contribution in [1.29, 1.82) is 0 Å². The van der Waals surface area contributed by atoms with Crippen LogP contribution in [0.4, 0.5) is 5.69 Å². The number of methoxy groups -OCH3 is 2. The monoisotopic (exact) mass is 543 g/mol. The van der Waals surface area contributed by atoms with Crippen LogP contribution in [0.25, 0.3) is 11.4 Å². The van der Waals surface area contributed by atoms with E-state index in [0.29, 0.717) is 42.8 Å². The topological polar surface area (TPSA) is 84.8 Å². The summed E-state index contributed by atoms with van der Waals surface area (Å²) in [5.74, 6) is 3.25. The van der Waals surface area contributed by atoms with Crippen LogP contribution in [0.5, 0.6) is 11.5 Å². The van der Waals surface area contributed by atoms with Crippen LogP contribution in [0, 0.1) is 18.8 Å². The fourth-order valence-electron chi connectivity index (χ4n) is 6.34. The molecule has 0 bridgehead atoms. The molecule has 1 N–H and O–H groups in total. The number of aliphatic hydroxyl groups is 1. The van der Waals surface area contributed by atoms with Crippen molar-refractivity contribution in [3.63, 3.8) is 0 Å². The van der Waals surface area contributed by atoms with Gasteiger partial charge in [-0.05, 0) is 99.5 Å². The van der Waals surface area contributed by atoms with E-state index in [2.05, 4.69) is 35.1 Å². The molecule has 2 aliphatic carbocycles. The Morgan fingerprint density at radius 2 is 1.65 bits per heavy atom. The molecule has 40 heavy (non-hydrogen) atoms. The van der Waals surface area contributed by atoms with Gasteiger partial charge in [-0.2, -0.15) is 0 Å². The van der Waals surface area contributed by atoms with Crippen molar-refractivity contribution in [3.8, 4) is 22.9 Å². The van der Waals surface area contributed by atoms with Gasteiger partial charge in [-0.3, -0.25) is 4.79 Å². The van der Waals surface area contributed by atoms with E-state index in [1.54, 1.807) is 26.6 Å². The van der Waals surface area contributed by atoms with Crippen LogP contribution >= 0.6 is 0 Å². The van der Waals surface area contributed by atoms with Gasteiger partial charge in [0.1, 0.15) is 5.75 Å². The predicted molar refractivity (Wildman–Crippen MR) is 157 cm³/mol. The molecule has 5 rings (SSSR count). The highest BCUT2D eigenvalue weighted by molar-refractivity contribution is 5.95. The molecule has 0 unspecified atom stereocenters. The number of aliphatic hydroxyl groups excluding tert-OH is 1. The summed E-state index contributed by atoms with van der Waals surface area (Å²) in [5.41, 5.74) is 4.33. The molecule has 1 aromatic heterocycles. The highest BCUT2D eigenvalue weighted by atomic mass is 16.5. The molecular formula is C33H41N3O4. The van der Waals surface area contributed by atoms with Crippen LogP contribution in [0.3, 0.4) is 0 Å². The minimum atomic E-state index is -0.287. The molecule has 7 nitrogen and oxygen atoms in total. The smallest absolute Gasteiger partial charge is 0.230 e. The Hall–Kier alpha value is -3.45. The molecule has 2 saturated carbocycles. The first kappa shape index (κ1) is 28.1. The molecule has 0 aliphatic heterocycles. The summed E-state index contributed by atoms with van der Waals surface area (Å²) in [7, 11) is 3.31. The van der Waals surface area contributed by atoms with Crippen LogP contribution in [-0.4, -0.2) is 47.8 Å². The Morgan fingerprint density at radius 1 is 0.925 bits per heavy atom. The first-order valence-electron chi connectivity index (χ1n) is 14.6. The van der Waals surface area contributed by atoms with E-state index in [1.807, 2.05) is 29.2 Å². The first-order valence-corrected chi connectivity index (χ1v) is 14.6. The molecule has 0 atom stereocenters. The molecule has 212 valence electrons. The number of nitrogens with zero attached hydrogens (tertiary/aromatic N) is 3. The number of aryl methyl sites for hydroxylation is 1. The Bertz CT molecular complexity index is 1280. The zero-order valence-corrected chi connectivity index (χ0v) is 23.9. The summed E-state index contributed by atoms with van der Waals surface area (Å²) in [6.07, 6.45) is 10.3. The Kier molecular flexibility index (Phi) is 9.00. The van der Waals surface area contributed by atoms with Gasteiger partial charge in [0, 0.05) is 23.7 Å². The average Bonchev–Trinajstić information content (AvgIpc) is 3.00. The van der Waals surface area contributed by atoms with Crippen molar-refractivity contribution in [3.05, 3.63) is 66.0 Å². The summed E-state index contributed by atoms with van der Waals surface area (Å²) in [6, 6.07) is 14.6. The van der Waals surface area contributed by atoms with Crippen molar-refractivity contribution in [2.75, 3.05) is 25.7 Å². The fraction of sp³-hybridized carbons (Fsp3) is 0.485. The third-order valence-corrected chi connectivity index (χ3v) is 8.77. The summed E-state index contributed by atoms with van der Waals surface area (Å²) < 4.78 is 10.7. The highest BCUT2D eigenvalue weighted by Gasteiger charge is 2.32. The van der Waals surface area contributed by atoms with E-state index in [-0.39, 0.29) is 17.9 Å². The van der Waals surface area contributed by atoms with E-state index < -0.39 is 0 Å². The van der Waals surface area contributed by atoms with Gasteiger partial charge in [0.05, 0.1) is 32.7 Å². The molecule has 3 aromatic rings. The minimum Gasteiger partial charge on any atom is -0.496 e. The largest absolute Gasteiger partial charge is 0.496 e. The number of hydrogen-bond acceptors (Lipinski definition) is 6. The number of ether oxygens (including phenoxy) is 2. The van der Waals surface area contributed by atoms with Crippen LogP contribution in [-0.2, 0) is 4.79 Å². The van der Waals surface area contributed by atoms with Crippen molar-refractivity contribution >= 4 is 11.6 Å². The van der Waals surface area contributed by atoms with Gasteiger partial charge in [0.15, 0.2) is 11.6 Å². The van der Waals surface area contributed by atoms with Gasteiger partial charge in [0.2, 0.25) is 5.91 Å². The molecule has 1 heterocycles. The molecule has 2 aliphatic rings. The van der Waals surface area contributed by atoms with Crippen molar-refractivity contribution in [2.24, 2.45) is 11.8 Å². The zero-order chi connectivity index (χ0) is 28.1. The summed E-state index contributed by atoms with van der Waals surface area (Å²) in [6.45, 7) is 2.81. The second kappa shape index (κ2) is 12.8. The Balaban J connectivity index is 1.33. The van der Waals surface area contributed by atoms with E-state index in [0.717, 1.165) is 55.5 Å². The second-order valence-electron chi connectivity index (χ2n) is 11.4. The third kappa shape index (κ3) is 6.47. The van der Waals surface area contributed by atoms with Crippen LogP contribution < -0.4 is 14.4 Å². The maximum absolute atomic E-state index is 14.0. The molecular weight excluding hydrogens is 502 g/mol. The molecule has 1 amide bonds. The lowest BCUT2D eigenvalue weighted by atomic mass is 9.78. The van der Waals surface area contributed by atoms with Gasteiger partial charge in [-0.25, -0.2) is 9.97 Å². The number of carbonyl (C=O) groups is 1. The summed E-state index contributed by atoms with van der Waals surface area (Å²) in [5, 5.41) is 10.0. The lowest BCUT2D eigenvalue weighted by Gasteiger charge is -2.36. The molecule has 0 spiro atoms.